The summed E-state index contributed by atoms with van der Waals surface area (Å²) in [6.07, 6.45) is 5.07. The Hall–Kier alpha value is -2.26. The summed E-state index contributed by atoms with van der Waals surface area (Å²) in [6.45, 7) is 3.34. The molecule has 0 aromatic heterocycles. The van der Waals surface area contributed by atoms with Crippen LogP contribution >= 0.6 is 0 Å². The van der Waals surface area contributed by atoms with Crippen molar-refractivity contribution in [3.05, 3.63) is 65.7 Å². The molecule has 0 saturated carbocycles. The number of rotatable bonds is 9. The fourth-order valence-corrected chi connectivity index (χ4v) is 5.64. The van der Waals surface area contributed by atoms with Gasteiger partial charge in [-0.15, -0.1) is 0 Å². The maximum atomic E-state index is 12.8. The van der Waals surface area contributed by atoms with Crippen LogP contribution in [0.3, 0.4) is 0 Å². The number of hydrogen-bond donors (Lipinski definition) is 2. The van der Waals surface area contributed by atoms with Gasteiger partial charge in [0.25, 0.3) is 5.91 Å². The van der Waals surface area contributed by atoms with Gasteiger partial charge >= 0.3 is 0 Å². The van der Waals surface area contributed by atoms with Crippen LogP contribution in [0.5, 0.6) is 0 Å². The Morgan fingerprint density at radius 2 is 1.85 bits per heavy atom. The van der Waals surface area contributed by atoms with E-state index >= 15 is 0 Å². The van der Waals surface area contributed by atoms with Gasteiger partial charge in [-0.3, -0.25) is 9.69 Å². The lowest BCUT2D eigenvalue weighted by atomic mass is 10.0. The van der Waals surface area contributed by atoms with E-state index in [1.54, 1.807) is 12.1 Å². The van der Waals surface area contributed by atoms with Gasteiger partial charge in [0.15, 0.2) is 0 Å². The summed E-state index contributed by atoms with van der Waals surface area (Å²) in [5.41, 5.74) is 1.62. The van der Waals surface area contributed by atoms with E-state index in [1.807, 2.05) is 18.2 Å². The molecule has 4 rings (SSSR count). The van der Waals surface area contributed by atoms with E-state index in [0.717, 1.165) is 45.2 Å². The molecule has 0 spiro atoms. The molecule has 2 saturated heterocycles. The number of carbonyl (C=O) groups excluding carboxylic acids is 1. The van der Waals surface area contributed by atoms with Crippen molar-refractivity contribution in [3.8, 4) is 0 Å². The number of hydrogen-bond acceptors (Lipinski definition) is 5. The van der Waals surface area contributed by atoms with Crippen molar-refractivity contribution < 1.29 is 17.9 Å². The summed E-state index contributed by atoms with van der Waals surface area (Å²) < 4.78 is 33.5. The second-order valence-corrected chi connectivity index (χ2v) is 10.6. The maximum absolute atomic E-state index is 12.8. The standard InChI is InChI=1S/C25H33N3O4S/c29-25(26-17-22-11-4-5-14-28(22)19-20-8-2-1-3-9-20)21-10-6-13-24(16-21)33(30,31)27-18-23-12-7-15-32-23/h1-3,6,8-10,13,16,22-23,27H,4-5,7,11-12,14-15,17-19H2,(H,26,29)/t22-,23-/m1/s1. The molecule has 2 aliphatic rings. The SMILES string of the molecule is O=C(NC[C@H]1CCCCN1Cc1ccccc1)c1cccc(S(=O)(=O)NC[C@H]2CCCO2)c1. The highest BCUT2D eigenvalue weighted by atomic mass is 32.2. The molecular formula is C25H33N3O4S. The number of ether oxygens (including phenoxy) is 1. The minimum atomic E-state index is -3.70. The molecule has 2 aromatic rings. The Kier molecular flexibility index (Phi) is 8.14. The van der Waals surface area contributed by atoms with Gasteiger partial charge in [0.05, 0.1) is 11.0 Å². The van der Waals surface area contributed by atoms with Gasteiger partial charge in [-0.05, 0) is 56.0 Å². The third kappa shape index (κ3) is 6.63. The van der Waals surface area contributed by atoms with Crippen LogP contribution in [-0.2, 0) is 21.3 Å². The second-order valence-electron chi connectivity index (χ2n) is 8.83. The third-order valence-electron chi connectivity index (χ3n) is 6.41. The molecule has 7 nitrogen and oxygen atoms in total. The number of likely N-dealkylation sites (tertiary alicyclic amines) is 1. The largest absolute Gasteiger partial charge is 0.377 e. The molecule has 2 heterocycles. The zero-order valence-electron chi connectivity index (χ0n) is 18.9. The van der Waals surface area contributed by atoms with Crippen LogP contribution in [-0.4, -0.2) is 57.6 Å². The molecule has 8 heteroatoms. The first kappa shape index (κ1) is 23.9. The zero-order chi connectivity index (χ0) is 23.1. The van der Waals surface area contributed by atoms with Gasteiger partial charge in [-0.1, -0.05) is 42.8 Å². The first-order valence-corrected chi connectivity index (χ1v) is 13.3. The minimum Gasteiger partial charge on any atom is -0.377 e. The van der Waals surface area contributed by atoms with Crippen LogP contribution < -0.4 is 10.0 Å². The maximum Gasteiger partial charge on any atom is 0.251 e. The van der Waals surface area contributed by atoms with Crippen molar-refractivity contribution in [1.82, 2.24) is 14.9 Å². The van der Waals surface area contributed by atoms with E-state index in [4.69, 9.17) is 4.74 Å². The summed E-state index contributed by atoms with van der Waals surface area (Å²) in [5, 5.41) is 3.02. The van der Waals surface area contributed by atoms with Gasteiger partial charge < -0.3 is 10.1 Å². The molecule has 0 unspecified atom stereocenters. The number of amides is 1. The fourth-order valence-electron chi connectivity index (χ4n) is 4.53. The second kappa shape index (κ2) is 11.2. The summed E-state index contributed by atoms with van der Waals surface area (Å²) in [4.78, 5) is 15.4. The quantitative estimate of drug-likeness (QED) is 0.587. The van der Waals surface area contributed by atoms with Crippen molar-refractivity contribution in [1.29, 1.82) is 0 Å². The molecule has 2 N–H and O–H groups in total. The van der Waals surface area contributed by atoms with Crippen molar-refractivity contribution in [3.63, 3.8) is 0 Å². The Balaban J connectivity index is 1.34. The van der Waals surface area contributed by atoms with Gasteiger partial charge in [-0.2, -0.15) is 0 Å². The number of benzene rings is 2. The molecule has 2 fully saturated rings. The van der Waals surface area contributed by atoms with Gasteiger partial charge in [-0.25, -0.2) is 13.1 Å². The molecule has 0 bridgehead atoms. The fraction of sp³-hybridized carbons (Fsp3) is 0.480. The number of sulfonamides is 1. The van der Waals surface area contributed by atoms with E-state index in [-0.39, 0.29) is 29.5 Å². The highest BCUT2D eigenvalue weighted by molar-refractivity contribution is 7.89. The molecule has 2 aliphatic heterocycles. The highest BCUT2D eigenvalue weighted by Crippen LogP contribution is 2.20. The summed E-state index contributed by atoms with van der Waals surface area (Å²) in [5.74, 6) is -0.253. The Morgan fingerprint density at radius 3 is 2.64 bits per heavy atom. The predicted octanol–water partition coefficient (Wildman–Crippen LogP) is 2.93. The van der Waals surface area contributed by atoms with E-state index in [0.29, 0.717) is 18.7 Å². The van der Waals surface area contributed by atoms with Gasteiger partial charge in [0.2, 0.25) is 10.0 Å². The van der Waals surface area contributed by atoms with Crippen molar-refractivity contribution in [2.45, 2.75) is 55.7 Å². The molecule has 2 aromatic carbocycles. The van der Waals surface area contributed by atoms with Crippen LogP contribution in [0, 0.1) is 0 Å². The third-order valence-corrected chi connectivity index (χ3v) is 7.83. The van der Waals surface area contributed by atoms with Crippen LogP contribution in [0.4, 0.5) is 0 Å². The van der Waals surface area contributed by atoms with Crippen LogP contribution in [0.25, 0.3) is 0 Å². The molecule has 33 heavy (non-hydrogen) atoms. The lowest BCUT2D eigenvalue weighted by Crippen LogP contribution is -2.46. The highest BCUT2D eigenvalue weighted by Gasteiger charge is 2.24. The van der Waals surface area contributed by atoms with Crippen molar-refractivity contribution in [2.75, 3.05) is 26.2 Å². The minimum absolute atomic E-state index is 0.0828. The zero-order valence-corrected chi connectivity index (χ0v) is 19.7. The lowest BCUT2D eigenvalue weighted by molar-refractivity contribution is 0.0907. The monoisotopic (exact) mass is 471 g/mol. The van der Waals surface area contributed by atoms with Crippen LogP contribution in [0.1, 0.15) is 48.0 Å². The van der Waals surface area contributed by atoms with E-state index in [1.165, 1.54) is 17.7 Å². The average molecular weight is 472 g/mol. The van der Waals surface area contributed by atoms with E-state index in [9.17, 15) is 13.2 Å². The molecule has 2 atom stereocenters. The topological polar surface area (TPSA) is 87.7 Å². The smallest absolute Gasteiger partial charge is 0.251 e. The van der Waals surface area contributed by atoms with E-state index < -0.39 is 10.0 Å². The first-order chi connectivity index (χ1) is 16.0. The molecule has 178 valence electrons. The number of carbonyl (C=O) groups is 1. The number of nitrogens with zero attached hydrogens (tertiary/aromatic N) is 1. The average Bonchev–Trinajstić information content (AvgIpc) is 3.37. The Labute approximate surface area is 196 Å². The van der Waals surface area contributed by atoms with Crippen LogP contribution in [0.2, 0.25) is 0 Å². The lowest BCUT2D eigenvalue weighted by Gasteiger charge is -2.36. The molecule has 0 radical (unpaired) electrons. The summed E-state index contributed by atoms with van der Waals surface area (Å²) in [6, 6.07) is 16.8. The van der Waals surface area contributed by atoms with Crippen molar-refractivity contribution >= 4 is 15.9 Å². The van der Waals surface area contributed by atoms with Crippen LogP contribution in [0.15, 0.2) is 59.5 Å². The Morgan fingerprint density at radius 1 is 1.00 bits per heavy atom. The summed E-state index contributed by atoms with van der Waals surface area (Å²) >= 11 is 0. The van der Waals surface area contributed by atoms with Gasteiger partial charge in [0.1, 0.15) is 0 Å². The van der Waals surface area contributed by atoms with Crippen molar-refractivity contribution in [2.24, 2.45) is 0 Å². The number of piperidine rings is 1. The van der Waals surface area contributed by atoms with Gasteiger partial charge in [0, 0.05) is 37.8 Å². The Bertz CT molecular complexity index is 1020. The molecule has 1 amide bonds. The first-order valence-electron chi connectivity index (χ1n) is 11.8. The predicted molar refractivity (Wildman–Crippen MR) is 127 cm³/mol. The molecular weight excluding hydrogens is 438 g/mol. The number of nitrogens with one attached hydrogen (secondary N) is 2. The summed E-state index contributed by atoms with van der Waals surface area (Å²) in [7, 11) is -3.70. The van der Waals surface area contributed by atoms with E-state index in [2.05, 4.69) is 27.1 Å². The normalized spacial score (nSPS) is 21.7. The molecule has 0 aliphatic carbocycles.